The summed E-state index contributed by atoms with van der Waals surface area (Å²) in [5, 5.41) is 0. The van der Waals surface area contributed by atoms with E-state index in [0.717, 1.165) is 6.42 Å². The van der Waals surface area contributed by atoms with Crippen molar-refractivity contribution in [3.63, 3.8) is 0 Å². The normalized spacial score (nSPS) is 29.9. The van der Waals surface area contributed by atoms with Crippen molar-refractivity contribution in [2.45, 2.75) is 32.2 Å². The first-order valence-electron chi connectivity index (χ1n) is 3.71. The molecule has 0 radical (unpaired) electrons. The molecule has 64 valence electrons. The van der Waals surface area contributed by atoms with Crippen LogP contribution < -0.4 is 0 Å². The highest BCUT2D eigenvalue weighted by Crippen LogP contribution is 2.24. The molecule has 0 amide bonds. The molecule has 2 nitrogen and oxygen atoms in total. The Kier molecular flexibility index (Phi) is 3.33. The number of hydrogen-bond acceptors (Lipinski definition) is 2. The van der Waals surface area contributed by atoms with Crippen LogP contribution in [0.3, 0.4) is 0 Å². The second-order valence-corrected chi connectivity index (χ2v) is 3.77. The second kappa shape index (κ2) is 3.87. The molecule has 0 unspecified atom stereocenters. The lowest BCUT2D eigenvalue weighted by Crippen LogP contribution is -2.21. The van der Waals surface area contributed by atoms with Crippen LogP contribution in [0.4, 0.5) is 0 Å². The molecule has 0 aromatic carbocycles. The maximum absolute atomic E-state index is 5.57. The summed E-state index contributed by atoms with van der Waals surface area (Å²) in [5.74, 6) is -0.371. The first kappa shape index (κ1) is 9.48. The summed E-state index contributed by atoms with van der Waals surface area (Å²) in [7, 11) is 0. The van der Waals surface area contributed by atoms with Gasteiger partial charge in [0.25, 0.3) is 0 Å². The van der Waals surface area contributed by atoms with Crippen molar-refractivity contribution >= 4 is 22.6 Å². The van der Waals surface area contributed by atoms with Gasteiger partial charge in [0, 0.05) is 0 Å². The Balaban J connectivity index is 2.30. The molecule has 1 fully saturated rings. The highest BCUT2D eigenvalue weighted by Gasteiger charge is 2.31. The molecule has 3 heteroatoms. The van der Waals surface area contributed by atoms with Gasteiger partial charge in [-0.1, -0.05) is 28.7 Å². The van der Waals surface area contributed by atoms with E-state index >= 15 is 0 Å². The third-order valence-corrected chi connectivity index (χ3v) is 2.06. The molecule has 0 aromatic rings. The lowest BCUT2D eigenvalue weighted by Gasteiger charge is -2.16. The van der Waals surface area contributed by atoms with E-state index in [9.17, 15) is 0 Å². The van der Waals surface area contributed by atoms with Crippen molar-refractivity contribution in [3.8, 4) is 0 Å². The average molecular weight is 268 g/mol. The monoisotopic (exact) mass is 268 g/mol. The van der Waals surface area contributed by atoms with Crippen molar-refractivity contribution < 1.29 is 9.47 Å². The van der Waals surface area contributed by atoms with Crippen LogP contribution in [-0.4, -0.2) is 18.5 Å². The van der Waals surface area contributed by atoms with Gasteiger partial charge in [0.15, 0.2) is 5.79 Å². The summed E-state index contributed by atoms with van der Waals surface area (Å²) in [6.07, 6.45) is 3.29. The fraction of sp³-hybridized carbons (Fsp3) is 0.750. The summed E-state index contributed by atoms with van der Waals surface area (Å²) in [6, 6.07) is 0. The molecule has 1 heterocycles. The van der Waals surface area contributed by atoms with E-state index in [1.165, 1.54) is 0 Å². The Morgan fingerprint density at radius 3 is 2.82 bits per heavy atom. The van der Waals surface area contributed by atoms with Crippen molar-refractivity contribution in [2.75, 3.05) is 6.61 Å². The van der Waals surface area contributed by atoms with Gasteiger partial charge in [-0.3, -0.25) is 0 Å². The Morgan fingerprint density at radius 2 is 2.36 bits per heavy atom. The molecule has 0 saturated carbocycles. The summed E-state index contributed by atoms with van der Waals surface area (Å²) in [6.45, 7) is 4.61. The van der Waals surface area contributed by atoms with Crippen LogP contribution in [0.25, 0.3) is 0 Å². The van der Waals surface area contributed by atoms with Crippen LogP contribution in [-0.2, 0) is 9.47 Å². The highest BCUT2D eigenvalue weighted by atomic mass is 127. The predicted octanol–water partition coefficient (Wildman–Crippen LogP) is 2.48. The summed E-state index contributed by atoms with van der Waals surface area (Å²) >= 11 is 2.21. The Morgan fingerprint density at radius 1 is 1.64 bits per heavy atom. The zero-order valence-electron chi connectivity index (χ0n) is 6.84. The van der Waals surface area contributed by atoms with E-state index in [2.05, 4.69) is 28.7 Å². The minimum atomic E-state index is -0.371. The van der Waals surface area contributed by atoms with Gasteiger partial charge in [0.2, 0.25) is 0 Å². The SMILES string of the molecule is CC1(C)OC[C@@H](CC=CI)O1. The van der Waals surface area contributed by atoms with E-state index in [1.807, 2.05) is 17.9 Å². The number of halogens is 1. The summed E-state index contributed by atoms with van der Waals surface area (Å²) < 4.78 is 13.0. The smallest absolute Gasteiger partial charge is 0.163 e. The minimum absolute atomic E-state index is 0.246. The molecule has 1 aliphatic rings. The largest absolute Gasteiger partial charge is 0.348 e. The topological polar surface area (TPSA) is 18.5 Å². The van der Waals surface area contributed by atoms with Gasteiger partial charge in [-0.05, 0) is 24.4 Å². The van der Waals surface area contributed by atoms with Crippen LogP contribution in [0.2, 0.25) is 0 Å². The van der Waals surface area contributed by atoms with Gasteiger partial charge in [0.1, 0.15) is 0 Å². The quantitative estimate of drug-likeness (QED) is 0.716. The maximum Gasteiger partial charge on any atom is 0.163 e. The van der Waals surface area contributed by atoms with Gasteiger partial charge in [-0.2, -0.15) is 0 Å². The average Bonchev–Trinajstić information content (AvgIpc) is 2.26. The number of ether oxygens (including phenoxy) is 2. The molecular weight excluding hydrogens is 255 g/mol. The van der Waals surface area contributed by atoms with E-state index in [1.54, 1.807) is 0 Å². The van der Waals surface area contributed by atoms with Crippen LogP contribution in [0.1, 0.15) is 20.3 Å². The van der Waals surface area contributed by atoms with Crippen molar-refractivity contribution in [1.82, 2.24) is 0 Å². The standard InChI is InChI=1S/C8H13IO2/c1-8(2)10-6-7(11-8)4-3-5-9/h3,5,7H,4,6H2,1-2H3/t7-/m1/s1. The molecule has 1 saturated heterocycles. The van der Waals surface area contributed by atoms with E-state index in [4.69, 9.17) is 9.47 Å². The molecule has 0 aromatic heterocycles. The zero-order chi connectivity index (χ0) is 8.32. The highest BCUT2D eigenvalue weighted by molar-refractivity contribution is 14.1. The third-order valence-electron chi connectivity index (χ3n) is 1.56. The maximum atomic E-state index is 5.57. The van der Waals surface area contributed by atoms with Crippen LogP contribution in [0.5, 0.6) is 0 Å². The van der Waals surface area contributed by atoms with Gasteiger partial charge < -0.3 is 9.47 Å². The fourth-order valence-electron chi connectivity index (χ4n) is 1.08. The lowest BCUT2D eigenvalue weighted by atomic mass is 10.3. The number of rotatable bonds is 2. The fourth-order valence-corrected chi connectivity index (χ4v) is 1.38. The van der Waals surface area contributed by atoms with E-state index in [-0.39, 0.29) is 11.9 Å². The zero-order valence-corrected chi connectivity index (χ0v) is 9.00. The molecule has 0 spiro atoms. The van der Waals surface area contributed by atoms with Crippen molar-refractivity contribution in [1.29, 1.82) is 0 Å². The molecule has 1 aliphatic heterocycles. The van der Waals surface area contributed by atoms with Gasteiger partial charge >= 0.3 is 0 Å². The van der Waals surface area contributed by atoms with E-state index in [0.29, 0.717) is 6.61 Å². The minimum Gasteiger partial charge on any atom is -0.348 e. The van der Waals surface area contributed by atoms with Gasteiger partial charge in [0.05, 0.1) is 12.7 Å². The molecule has 0 aliphatic carbocycles. The van der Waals surface area contributed by atoms with Gasteiger partial charge in [-0.25, -0.2) is 0 Å². The first-order valence-corrected chi connectivity index (χ1v) is 4.95. The van der Waals surface area contributed by atoms with Crippen LogP contribution in [0.15, 0.2) is 10.2 Å². The molecule has 1 atom stereocenters. The lowest BCUT2D eigenvalue weighted by molar-refractivity contribution is -0.137. The second-order valence-electron chi connectivity index (χ2n) is 3.05. The molecule has 0 bridgehead atoms. The first-order chi connectivity index (χ1) is 5.14. The van der Waals surface area contributed by atoms with Crippen molar-refractivity contribution in [3.05, 3.63) is 10.2 Å². The molecule has 0 N–H and O–H groups in total. The van der Waals surface area contributed by atoms with Crippen LogP contribution >= 0.6 is 22.6 Å². The molecule has 1 rings (SSSR count). The molecular formula is C8H13IO2. The van der Waals surface area contributed by atoms with Gasteiger partial charge in [-0.15, -0.1) is 0 Å². The van der Waals surface area contributed by atoms with E-state index < -0.39 is 0 Å². The Hall–Kier alpha value is 0.390. The molecule has 11 heavy (non-hydrogen) atoms. The predicted molar refractivity (Wildman–Crippen MR) is 52.7 cm³/mol. The third kappa shape index (κ3) is 3.09. The number of hydrogen-bond donors (Lipinski definition) is 0. The summed E-state index contributed by atoms with van der Waals surface area (Å²) in [4.78, 5) is 0. The summed E-state index contributed by atoms with van der Waals surface area (Å²) in [5.41, 5.74) is 0. The van der Waals surface area contributed by atoms with Crippen LogP contribution in [0, 0.1) is 0 Å². The van der Waals surface area contributed by atoms with Crippen molar-refractivity contribution in [2.24, 2.45) is 0 Å². The Labute approximate surface area is 81.1 Å². The Bertz CT molecular complexity index is 154.